The second-order valence-corrected chi connectivity index (χ2v) is 9.93. The van der Waals surface area contributed by atoms with Gasteiger partial charge in [0.05, 0.1) is 29.8 Å². The number of imidazole rings is 1. The van der Waals surface area contributed by atoms with E-state index in [1.165, 1.54) is 15.2 Å². The average Bonchev–Trinajstić information content (AvgIpc) is 3.25. The smallest absolute Gasteiger partial charge is 0.332 e. The Balaban J connectivity index is 1.44. The summed E-state index contributed by atoms with van der Waals surface area (Å²) in [6, 6.07) is 24.4. The van der Waals surface area contributed by atoms with E-state index >= 15 is 0 Å². The van der Waals surface area contributed by atoms with Crippen LogP contribution in [-0.2, 0) is 19.6 Å². The fraction of sp³-hybridized carbons (Fsp3) is 0.226. The molecule has 5 aromatic rings. The summed E-state index contributed by atoms with van der Waals surface area (Å²) in [5.74, 6) is 0.125. The summed E-state index contributed by atoms with van der Waals surface area (Å²) >= 11 is 0. The minimum atomic E-state index is -0.503. The molecule has 8 heteroatoms. The number of benzene rings is 3. The van der Waals surface area contributed by atoms with Crippen molar-refractivity contribution in [3.05, 3.63) is 128 Å². The van der Waals surface area contributed by atoms with Crippen LogP contribution in [0.4, 0.5) is 5.95 Å². The maximum Gasteiger partial charge on any atom is 0.332 e. The van der Waals surface area contributed by atoms with Crippen molar-refractivity contribution in [3.8, 4) is 0 Å². The number of aryl methyl sites for hydroxylation is 3. The SMILES string of the molecule is Cc1ccc(Cn2c(C(=O)CCCn3c(N)nc4ccccc43)cc(=O)n(Cc3ccc(C)cc3)c2=O)cc1. The minimum absolute atomic E-state index is 0.120. The van der Waals surface area contributed by atoms with Gasteiger partial charge in [-0.1, -0.05) is 71.8 Å². The molecule has 0 bridgehead atoms. The Morgan fingerprint density at radius 3 is 2.03 bits per heavy atom. The van der Waals surface area contributed by atoms with E-state index in [0.29, 0.717) is 18.9 Å². The molecule has 0 saturated carbocycles. The number of Topliss-reactive ketones (excluding diaryl/α,β-unsaturated/α-hetero) is 1. The molecule has 198 valence electrons. The molecule has 5 rings (SSSR count). The number of para-hydroxylation sites is 2. The van der Waals surface area contributed by atoms with Crippen molar-refractivity contribution in [2.75, 3.05) is 5.73 Å². The molecule has 2 aromatic heterocycles. The lowest BCUT2D eigenvalue weighted by Crippen LogP contribution is -2.42. The average molecular weight is 522 g/mol. The molecule has 0 atom stereocenters. The topological polar surface area (TPSA) is 105 Å². The normalized spacial score (nSPS) is 11.2. The lowest BCUT2D eigenvalue weighted by molar-refractivity contribution is 0.0967. The maximum absolute atomic E-state index is 13.7. The van der Waals surface area contributed by atoms with Gasteiger partial charge in [-0.25, -0.2) is 9.78 Å². The first-order valence-corrected chi connectivity index (χ1v) is 13.0. The number of nitrogens with zero attached hydrogens (tertiary/aromatic N) is 4. The molecule has 0 fully saturated rings. The maximum atomic E-state index is 13.7. The number of ketones is 1. The molecule has 0 unspecified atom stereocenters. The standard InChI is InChI=1S/C31H31N5O3/c1-21-9-13-23(14-10-21)19-35-27(18-29(38)36(31(35)39)20-24-15-11-22(2)12-16-24)28(37)8-5-17-34-26-7-4-3-6-25(26)33-30(34)32/h3-4,6-7,9-16,18H,5,8,17,19-20H2,1-2H3,(H2,32,33). The fourth-order valence-electron chi connectivity index (χ4n) is 4.75. The highest BCUT2D eigenvalue weighted by Crippen LogP contribution is 2.18. The first kappa shape index (κ1) is 25.9. The Labute approximate surface area is 226 Å². The lowest BCUT2D eigenvalue weighted by atomic mass is 10.1. The highest BCUT2D eigenvalue weighted by atomic mass is 16.2. The van der Waals surface area contributed by atoms with Gasteiger partial charge in [0.15, 0.2) is 5.78 Å². The van der Waals surface area contributed by atoms with Gasteiger partial charge in [0.2, 0.25) is 5.95 Å². The van der Waals surface area contributed by atoms with E-state index in [4.69, 9.17) is 5.73 Å². The molecule has 0 spiro atoms. The highest BCUT2D eigenvalue weighted by Gasteiger charge is 2.18. The zero-order valence-corrected chi connectivity index (χ0v) is 22.1. The van der Waals surface area contributed by atoms with E-state index in [0.717, 1.165) is 33.3 Å². The number of carbonyl (C=O) groups excluding carboxylic acids is 1. The number of nitrogen functional groups attached to an aromatic ring is 1. The predicted molar refractivity (Wildman–Crippen MR) is 153 cm³/mol. The number of rotatable bonds is 9. The molecular formula is C31H31N5O3. The Bertz CT molecular complexity index is 1760. The number of fused-ring (bicyclic) bond motifs is 1. The number of hydrogen-bond acceptors (Lipinski definition) is 5. The zero-order valence-electron chi connectivity index (χ0n) is 22.1. The molecule has 2 heterocycles. The van der Waals surface area contributed by atoms with Gasteiger partial charge in [0.1, 0.15) is 0 Å². The third-order valence-electron chi connectivity index (χ3n) is 6.96. The van der Waals surface area contributed by atoms with E-state index in [2.05, 4.69) is 4.98 Å². The number of anilines is 1. The van der Waals surface area contributed by atoms with Crippen LogP contribution in [0.3, 0.4) is 0 Å². The summed E-state index contributed by atoms with van der Waals surface area (Å²) in [5, 5.41) is 0. The van der Waals surface area contributed by atoms with E-state index in [-0.39, 0.29) is 31.0 Å². The third kappa shape index (κ3) is 5.60. The fourth-order valence-corrected chi connectivity index (χ4v) is 4.75. The molecule has 0 aliphatic carbocycles. The summed E-state index contributed by atoms with van der Waals surface area (Å²) < 4.78 is 4.49. The molecule has 3 aromatic carbocycles. The Kier molecular flexibility index (Phi) is 7.27. The van der Waals surface area contributed by atoms with Gasteiger partial charge in [0, 0.05) is 19.0 Å². The number of aromatic nitrogens is 4. The number of nitrogens with two attached hydrogens (primary N) is 1. The van der Waals surface area contributed by atoms with Gasteiger partial charge < -0.3 is 10.3 Å². The van der Waals surface area contributed by atoms with Crippen molar-refractivity contribution in [3.63, 3.8) is 0 Å². The van der Waals surface area contributed by atoms with Crippen molar-refractivity contribution < 1.29 is 4.79 Å². The highest BCUT2D eigenvalue weighted by molar-refractivity contribution is 5.94. The Morgan fingerprint density at radius 1 is 0.795 bits per heavy atom. The first-order chi connectivity index (χ1) is 18.8. The van der Waals surface area contributed by atoms with Crippen LogP contribution in [0.2, 0.25) is 0 Å². The second kappa shape index (κ2) is 10.9. The molecule has 0 amide bonds. The van der Waals surface area contributed by atoms with Crippen LogP contribution in [0.15, 0.2) is 88.5 Å². The molecule has 0 saturated heterocycles. The van der Waals surface area contributed by atoms with Crippen molar-refractivity contribution in [2.24, 2.45) is 0 Å². The molecule has 0 radical (unpaired) electrons. The van der Waals surface area contributed by atoms with Crippen molar-refractivity contribution in [2.45, 2.75) is 46.3 Å². The van der Waals surface area contributed by atoms with Crippen LogP contribution in [-0.4, -0.2) is 24.5 Å². The van der Waals surface area contributed by atoms with Crippen LogP contribution in [0.1, 0.15) is 45.6 Å². The van der Waals surface area contributed by atoms with Crippen LogP contribution in [0, 0.1) is 13.8 Å². The quantitative estimate of drug-likeness (QED) is 0.291. The van der Waals surface area contributed by atoms with E-state index in [1.54, 1.807) is 0 Å². The molecule has 39 heavy (non-hydrogen) atoms. The summed E-state index contributed by atoms with van der Waals surface area (Å²) in [5.41, 5.74) is 10.8. The monoisotopic (exact) mass is 521 g/mol. The number of carbonyl (C=O) groups is 1. The Hall–Kier alpha value is -4.72. The van der Waals surface area contributed by atoms with E-state index < -0.39 is 11.2 Å². The first-order valence-electron chi connectivity index (χ1n) is 13.0. The van der Waals surface area contributed by atoms with Gasteiger partial charge in [-0.2, -0.15) is 0 Å². The molecule has 2 N–H and O–H groups in total. The number of hydrogen-bond donors (Lipinski definition) is 1. The van der Waals surface area contributed by atoms with Gasteiger partial charge in [0.25, 0.3) is 5.56 Å². The molecule has 0 aliphatic rings. The zero-order chi connectivity index (χ0) is 27.5. The largest absolute Gasteiger partial charge is 0.369 e. The van der Waals surface area contributed by atoms with Crippen LogP contribution in [0.25, 0.3) is 11.0 Å². The van der Waals surface area contributed by atoms with E-state index in [1.807, 2.05) is 91.2 Å². The van der Waals surface area contributed by atoms with Crippen LogP contribution >= 0.6 is 0 Å². The summed E-state index contributed by atoms with van der Waals surface area (Å²) in [4.78, 5) is 44.6. The molecular weight excluding hydrogens is 490 g/mol. The lowest BCUT2D eigenvalue weighted by Gasteiger charge is -2.16. The van der Waals surface area contributed by atoms with Crippen molar-refractivity contribution in [1.82, 2.24) is 18.7 Å². The third-order valence-corrected chi connectivity index (χ3v) is 6.96. The molecule has 8 nitrogen and oxygen atoms in total. The van der Waals surface area contributed by atoms with Crippen LogP contribution < -0.4 is 17.0 Å². The summed E-state index contributed by atoms with van der Waals surface area (Å²) in [7, 11) is 0. The summed E-state index contributed by atoms with van der Waals surface area (Å²) in [6.07, 6.45) is 0.634. The van der Waals surface area contributed by atoms with E-state index in [9.17, 15) is 14.4 Å². The van der Waals surface area contributed by atoms with Gasteiger partial charge >= 0.3 is 5.69 Å². The second-order valence-electron chi connectivity index (χ2n) is 9.93. The van der Waals surface area contributed by atoms with Gasteiger partial charge in [-0.15, -0.1) is 0 Å². The predicted octanol–water partition coefficient (Wildman–Crippen LogP) is 4.32. The van der Waals surface area contributed by atoms with Crippen molar-refractivity contribution >= 4 is 22.8 Å². The Morgan fingerprint density at radius 2 is 1.38 bits per heavy atom. The van der Waals surface area contributed by atoms with Crippen LogP contribution in [0.5, 0.6) is 0 Å². The van der Waals surface area contributed by atoms with Gasteiger partial charge in [-0.3, -0.25) is 18.7 Å². The minimum Gasteiger partial charge on any atom is -0.369 e. The van der Waals surface area contributed by atoms with Crippen molar-refractivity contribution in [1.29, 1.82) is 0 Å². The van der Waals surface area contributed by atoms with Gasteiger partial charge in [-0.05, 0) is 43.5 Å². The summed E-state index contributed by atoms with van der Waals surface area (Å²) in [6.45, 7) is 4.78. The molecule has 0 aliphatic heterocycles.